The van der Waals surface area contributed by atoms with Crippen molar-refractivity contribution >= 4 is 23.0 Å². The van der Waals surface area contributed by atoms with E-state index in [1.54, 1.807) is 0 Å². The van der Waals surface area contributed by atoms with Crippen LogP contribution in [-0.2, 0) is 23.7 Å². The summed E-state index contributed by atoms with van der Waals surface area (Å²) in [5.74, 6) is -6.25. The summed E-state index contributed by atoms with van der Waals surface area (Å²) in [5.41, 5.74) is -0.252. The summed E-state index contributed by atoms with van der Waals surface area (Å²) in [4.78, 5) is 12.5. The van der Waals surface area contributed by atoms with E-state index in [1.165, 1.54) is 18.2 Å². The van der Waals surface area contributed by atoms with E-state index in [0.717, 1.165) is 42.5 Å². The molecular weight excluding hydrogens is 904 g/mol. The maximum absolute atomic E-state index is 12.5. The smallest absolute Gasteiger partial charge is 0.402 e. The van der Waals surface area contributed by atoms with Crippen LogP contribution >= 0.6 is 0 Å². The van der Waals surface area contributed by atoms with Gasteiger partial charge in [-0.1, -0.05) is 6.07 Å². The fraction of sp³-hybridized carbons (Fsp3) is 0.429. The fourth-order valence-corrected chi connectivity index (χ4v) is 7.25. The molecule has 7 rings (SSSR count). The van der Waals surface area contributed by atoms with Gasteiger partial charge in [-0.2, -0.15) is 0 Å². The monoisotopic (exact) mass is 951 g/mol. The van der Waals surface area contributed by atoms with Gasteiger partial charge in [0.2, 0.25) is 30.4 Å². The molecule has 364 valence electrons. The predicted molar refractivity (Wildman–Crippen MR) is 217 cm³/mol. The molecule has 0 aliphatic carbocycles. The Hall–Kier alpha value is -5.88. The standard InChI is InChI=1S/C42H46O25/c43-11-25-30(51)33(54)36(57)41(65-25)63-23-7-15(6-20(48)29(23)50)39-24(64-42-37(58)34(55)31(52)26(12-44)66-42)10-17-21(61-39)8-16(45)9-22(17)62-40-38(59)35(56)32(53)27(67-40)13-60-28(49)4-2-14-1-3-18(46)19(47)5-14/h1-10,25-27,30-38,40-44,51-59H,11-13H2,(H4-,45,46,47,48,49,50)/p+1/t25-,26-,27-,30-,31-,32-,33+,34+,35+,36-,37-,38-,40-,41-,42-/m1/s1. The molecule has 4 heterocycles. The molecule has 0 bridgehead atoms. The fourth-order valence-electron chi connectivity index (χ4n) is 7.25. The maximum Gasteiger partial charge on any atom is 0.402 e. The highest BCUT2D eigenvalue weighted by Crippen LogP contribution is 2.46. The summed E-state index contributed by atoms with van der Waals surface area (Å²) in [6.07, 6.45) is -25.3. The van der Waals surface area contributed by atoms with Gasteiger partial charge in [0.15, 0.2) is 23.0 Å². The highest BCUT2D eigenvalue weighted by atomic mass is 16.7. The molecule has 15 atom stereocenters. The normalized spacial score (nSPS) is 32.3. The van der Waals surface area contributed by atoms with Gasteiger partial charge < -0.3 is 115 Å². The van der Waals surface area contributed by atoms with Gasteiger partial charge in [0, 0.05) is 30.3 Å². The maximum atomic E-state index is 12.5. The second kappa shape index (κ2) is 20.1. The van der Waals surface area contributed by atoms with Gasteiger partial charge in [-0.25, -0.2) is 9.21 Å². The van der Waals surface area contributed by atoms with Gasteiger partial charge >= 0.3 is 17.3 Å². The van der Waals surface area contributed by atoms with Crippen LogP contribution in [0.1, 0.15) is 5.56 Å². The first kappa shape index (κ1) is 49.0. The number of aliphatic hydroxyl groups is 11. The van der Waals surface area contributed by atoms with Gasteiger partial charge in [-0.15, -0.1) is 0 Å². The number of carbonyl (C=O) groups excluding carboxylic acids is 1. The van der Waals surface area contributed by atoms with Gasteiger partial charge in [-0.05, 0) is 23.8 Å². The van der Waals surface area contributed by atoms with Crippen molar-refractivity contribution in [3.63, 3.8) is 0 Å². The number of esters is 1. The first-order chi connectivity index (χ1) is 31.8. The molecule has 25 heteroatoms. The SMILES string of the molecule is O=C(C=Cc1ccc(O)c(O)c1)OC[C@H]1O[C@@H](Oc2cc(O)cc3[o+]c(-c4cc(O)c(O)c(O[C@@H]5O[C@H](CO)[C@@H](O)[C@H](O)[C@H]5O)c4)c(O[C@@H]4O[C@H](CO)[C@@H](O)[C@H](O)[C@H]4O)cc23)[C@H](O)[C@@H](O)[C@@H]1O. The van der Waals surface area contributed by atoms with Crippen LogP contribution in [0.25, 0.3) is 28.4 Å². The molecule has 3 aliphatic heterocycles. The zero-order valence-electron chi connectivity index (χ0n) is 34.4. The molecule has 3 fully saturated rings. The molecule has 3 saturated heterocycles. The van der Waals surface area contributed by atoms with Crippen molar-refractivity contribution in [2.75, 3.05) is 19.8 Å². The Morgan fingerprint density at radius 1 is 0.567 bits per heavy atom. The third kappa shape index (κ3) is 10.2. The summed E-state index contributed by atoms with van der Waals surface area (Å²) in [6.45, 7) is -2.42. The number of hydrogen-bond donors (Lipinski definition) is 16. The van der Waals surface area contributed by atoms with Crippen LogP contribution in [0.2, 0.25) is 0 Å². The van der Waals surface area contributed by atoms with Crippen molar-refractivity contribution in [1.82, 2.24) is 0 Å². The first-order valence-electron chi connectivity index (χ1n) is 20.2. The van der Waals surface area contributed by atoms with E-state index in [-0.39, 0.29) is 16.5 Å². The molecule has 16 N–H and O–H groups in total. The minimum absolute atomic E-state index is 0.160. The Labute approximate surface area is 376 Å². The number of aromatic hydroxyl groups is 5. The summed E-state index contributed by atoms with van der Waals surface area (Å²) in [6, 6.07) is 8.77. The zero-order chi connectivity index (χ0) is 48.6. The van der Waals surface area contributed by atoms with Crippen LogP contribution in [0.5, 0.6) is 46.0 Å². The molecule has 0 radical (unpaired) electrons. The number of rotatable bonds is 13. The van der Waals surface area contributed by atoms with Crippen molar-refractivity contribution in [2.45, 2.75) is 92.1 Å². The van der Waals surface area contributed by atoms with E-state index in [4.69, 9.17) is 37.6 Å². The summed E-state index contributed by atoms with van der Waals surface area (Å²) < 4.78 is 45.3. The number of phenolic OH excluding ortho intramolecular Hbond substituents is 5. The lowest BCUT2D eigenvalue weighted by molar-refractivity contribution is -0.278. The van der Waals surface area contributed by atoms with E-state index in [0.29, 0.717) is 5.56 Å². The van der Waals surface area contributed by atoms with Crippen molar-refractivity contribution in [3.8, 4) is 57.3 Å². The molecule has 4 aromatic rings. The predicted octanol–water partition coefficient (Wildman–Crippen LogP) is -3.29. The molecule has 0 spiro atoms. The van der Waals surface area contributed by atoms with Gasteiger partial charge in [0.05, 0.1) is 24.8 Å². The Morgan fingerprint density at radius 2 is 1.10 bits per heavy atom. The van der Waals surface area contributed by atoms with Crippen LogP contribution in [-0.4, -0.2) is 200 Å². The number of phenols is 5. The molecule has 0 saturated carbocycles. The molecule has 3 aromatic carbocycles. The lowest BCUT2D eigenvalue weighted by atomic mass is 9.99. The van der Waals surface area contributed by atoms with Crippen molar-refractivity contribution in [2.24, 2.45) is 0 Å². The zero-order valence-corrected chi connectivity index (χ0v) is 34.4. The summed E-state index contributed by atoms with van der Waals surface area (Å²) in [7, 11) is 0. The topological polar surface area (TPSA) is 417 Å². The Morgan fingerprint density at radius 3 is 1.67 bits per heavy atom. The van der Waals surface area contributed by atoms with E-state index >= 15 is 0 Å². The number of ether oxygens (including phenoxy) is 7. The summed E-state index contributed by atoms with van der Waals surface area (Å²) in [5, 5.41) is 166. The molecular formula is C42H47O25+. The van der Waals surface area contributed by atoms with E-state index in [1.807, 2.05) is 0 Å². The minimum atomic E-state index is -2.02. The third-order valence-corrected chi connectivity index (χ3v) is 11.0. The van der Waals surface area contributed by atoms with Gasteiger partial charge in [0.1, 0.15) is 96.7 Å². The quantitative estimate of drug-likeness (QED) is 0.0270. The minimum Gasteiger partial charge on any atom is -0.507 e. The highest BCUT2D eigenvalue weighted by Gasteiger charge is 2.48. The van der Waals surface area contributed by atoms with E-state index < -0.39 is 170 Å². The largest absolute Gasteiger partial charge is 0.507 e. The Bertz CT molecular complexity index is 2430. The van der Waals surface area contributed by atoms with Crippen molar-refractivity contribution < 1.29 is 124 Å². The molecule has 0 unspecified atom stereocenters. The third-order valence-electron chi connectivity index (χ3n) is 11.0. The average molecular weight is 952 g/mol. The van der Waals surface area contributed by atoms with Gasteiger partial charge in [0.25, 0.3) is 0 Å². The van der Waals surface area contributed by atoms with Crippen molar-refractivity contribution in [3.05, 3.63) is 60.2 Å². The van der Waals surface area contributed by atoms with Crippen molar-refractivity contribution in [1.29, 1.82) is 0 Å². The van der Waals surface area contributed by atoms with Crippen LogP contribution in [0.3, 0.4) is 0 Å². The molecule has 0 amide bonds. The number of aliphatic hydroxyl groups excluding tert-OH is 11. The van der Waals surface area contributed by atoms with Crippen LogP contribution in [0.15, 0.2) is 59.0 Å². The molecule has 25 nitrogen and oxygen atoms in total. The number of hydrogen-bond acceptors (Lipinski definition) is 24. The molecule has 3 aliphatic rings. The van der Waals surface area contributed by atoms with Crippen LogP contribution in [0.4, 0.5) is 0 Å². The Kier molecular flexibility index (Phi) is 14.7. The second-order valence-corrected chi connectivity index (χ2v) is 15.6. The van der Waals surface area contributed by atoms with Gasteiger partial charge in [-0.3, -0.25) is 0 Å². The first-order valence-corrected chi connectivity index (χ1v) is 20.2. The average Bonchev–Trinajstić information content (AvgIpc) is 3.30. The Balaban J connectivity index is 1.23. The van der Waals surface area contributed by atoms with Crippen LogP contribution < -0.4 is 14.2 Å². The highest BCUT2D eigenvalue weighted by molar-refractivity contribution is 5.89. The summed E-state index contributed by atoms with van der Waals surface area (Å²) >= 11 is 0. The van der Waals surface area contributed by atoms with E-state index in [9.17, 15) is 86.5 Å². The molecule has 1 aromatic heterocycles. The van der Waals surface area contributed by atoms with Crippen LogP contribution in [0, 0.1) is 0 Å². The second-order valence-electron chi connectivity index (χ2n) is 15.6. The lowest BCUT2D eigenvalue weighted by Gasteiger charge is -2.40. The number of carbonyl (C=O) groups is 1. The number of fused-ring (bicyclic) bond motifs is 1. The lowest BCUT2D eigenvalue weighted by Crippen LogP contribution is -2.60. The van der Waals surface area contributed by atoms with E-state index in [2.05, 4.69) is 0 Å². The molecule has 67 heavy (non-hydrogen) atoms. The number of benzene rings is 3.